The van der Waals surface area contributed by atoms with E-state index in [2.05, 4.69) is 26.4 Å². The molecule has 2 aromatic carbocycles. The summed E-state index contributed by atoms with van der Waals surface area (Å²) in [5, 5.41) is 1.20. The molecule has 1 nitrogen and oxygen atoms in total. The number of hydrogen-bond donors (Lipinski definition) is 0. The maximum atomic E-state index is 4.27. The van der Waals surface area contributed by atoms with Crippen molar-refractivity contribution in [3.63, 3.8) is 0 Å². The van der Waals surface area contributed by atoms with E-state index in [0.29, 0.717) is 0 Å². The molecule has 3 aromatic rings. The summed E-state index contributed by atoms with van der Waals surface area (Å²) in [4.78, 5) is 4.27. The summed E-state index contributed by atoms with van der Waals surface area (Å²) in [7, 11) is 2.71. The molecule has 0 radical (unpaired) electrons. The molecule has 98 valence electrons. The molecule has 0 bridgehead atoms. The maximum absolute atomic E-state index is 4.27. The molecule has 1 aromatic heterocycles. The molecule has 18 heavy (non-hydrogen) atoms. The third-order valence-electron chi connectivity index (χ3n) is 2.35. The third kappa shape index (κ3) is 4.23. The van der Waals surface area contributed by atoms with E-state index in [-0.39, 0.29) is 17.1 Å². The minimum absolute atomic E-state index is 0. The van der Waals surface area contributed by atoms with Crippen molar-refractivity contribution in [1.29, 1.82) is 0 Å². The van der Waals surface area contributed by atoms with E-state index in [9.17, 15) is 0 Å². The van der Waals surface area contributed by atoms with E-state index in [4.69, 9.17) is 0 Å². The van der Waals surface area contributed by atoms with Gasteiger partial charge in [-0.1, -0.05) is 12.1 Å². The van der Waals surface area contributed by atoms with E-state index in [1.807, 2.05) is 60.8 Å². The largest absolute Gasteiger partial charge is 0.748 e. The van der Waals surface area contributed by atoms with Crippen molar-refractivity contribution < 1.29 is 17.1 Å². The second kappa shape index (κ2) is 8.00. The van der Waals surface area contributed by atoms with E-state index in [0.717, 1.165) is 5.69 Å². The summed E-state index contributed by atoms with van der Waals surface area (Å²) in [5.74, 6) is 0. The zero-order chi connectivity index (χ0) is 11.9. The van der Waals surface area contributed by atoms with Crippen LogP contribution in [0.15, 0.2) is 72.9 Å². The monoisotopic (exact) mass is 295 g/mol. The molecule has 0 saturated heterocycles. The minimum Gasteiger partial charge on any atom is -0.748 e. The van der Waals surface area contributed by atoms with Gasteiger partial charge in [0.1, 0.15) is 0 Å². The molecule has 0 N–H and O–H groups in total. The molecule has 0 aliphatic carbocycles. The summed E-state index contributed by atoms with van der Waals surface area (Å²) in [6.45, 7) is 0. The second-order valence-corrected chi connectivity index (χ2v) is 4.19. The predicted octanol–water partition coefficient (Wildman–Crippen LogP) is 3.37. The molecule has 3 heteroatoms. The van der Waals surface area contributed by atoms with Crippen LogP contribution in [0, 0.1) is 0 Å². The zero-order valence-electron chi connectivity index (χ0n) is 9.81. The summed E-state index contributed by atoms with van der Waals surface area (Å²) >= 11 is 0. The Labute approximate surface area is 121 Å². The van der Waals surface area contributed by atoms with Gasteiger partial charge >= 0.3 is 0 Å². The van der Waals surface area contributed by atoms with Crippen LogP contribution in [-0.4, -0.2) is 4.98 Å². The number of nitrogens with zero attached hydrogens (tertiary/aromatic N) is 1. The van der Waals surface area contributed by atoms with Gasteiger partial charge in [0.2, 0.25) is 0 Å². The van der Waals surface area contributed by atoms with Crippen molar-refractivity contribution in [1.82, 2.24) is 4.98 Å². The van der Waals surface area contributed by atoms with Crippen LogP contribution in [-0.2, 0) is 17.1 Å². The van der Waals surface area contributed by atoms with Crippen LogP contribution in [0.3, 0.4) is 0 Å². The van der Waals surface area contributed by atoms with E-state index in [1.54, 1.807) is 0 Å². The van der Waals surface area contributed by atoms with Crippen LogP contribution in [0.25, 0.3) is 11.3 Å². The molecule has 0 spiro atoms. The molecule has 1 unspecified atom stereocenters. The van der Waals surface area contributed by atoms with Gasteiger partial charge in [0, 0.05) is 23.3 Å². The van der Waals surface area contributed by atoms with Gasteiger partial charge in [0.15, 0.2) is 0 Å². The van der Waals surface area contributed by atoms with Gasteiger partial charge < -0.3 is 35.3 Å². The Morgan fingerprint density at radius 3 is 2.06 bits per heavy atom. The Morgan fingerprint density at radius 2 is 1.61 bits per heavy atom. The molecule has 0 saturated carbocycles. The number of aromatic nitrogens is 1. The van der Waals surface area contributed by atoms with E-state index < -0.39 is 0 Å². The molecule has 0 aliphatic rings. The average molecular weight is 295 g/mol. The summed E-state index contributed by atoms with van der Waals surface area (Å²) in [6.07, 6.45) is 1.81. The SMILES string of the molecule is P[c-]1cccc1-c1ccccn1.[Fe].[cH-]1[cH-][cH-][cH-][cH-]1. The molecular formula is C15H14FeNP-6. The fraction of sp³-hybridized carbons (Fsp3) is 0. The molecule has 3 rings (SSSR count). The summed E-state index contributed by atoms with van der Waals surface area (Å²) in [6, 6.07) is 22.1. The van der Waals surface area contributed by atoms with E-state index in [1.165, 1.54) is 10.9 Å². The Hall–Kier alpha value is -1.20. The van der Waals surface area contributed by atoms with Crippen molar-refractivity contribution in [3.8, 4) is 11.3 Å². The van der Waals surface area contributed by atoms with Crippen LogP contribution in [0.2, 0.25) is 0 Å². The molecule has 0 aliphatic heterocycles. The maximum Gasteiger partial charge on any atom is 0.0160 e. The average Bonchev–Trinajstić information content (AvgIpc) is 3.03. The fourth-order valence-corrected chi connectivity index (χ4v) is 1.87. The van der Waals surface area contributed by atoms with Crippen molar-refractivity contribution in [2.24, 2.45) is 0 Å². The molecular weight excluding hydrogens is 281 g/mol. The fourth-order valence-electron chi connectivity index (χ4n) is 1.51. The standard InChI is InChI=1S/C10H9NP.C5H5.Fe/c12-10-6-3-4-8(10)9-5-1-2-7-11-9;1-2-4-5-3-1;/h1-7H,12H2;1-5H;/q-1;-5;. The Kier molecular flexibility index (Phi) is 6.60. The zero-order valence-corrected chi connectivity index (χ0v) is 12.1. The van der Waals surface area contributed by atoms with Crippen LogP contribution in [0.5, 0.6) is 0 Å². The Bertz CT molecular complexity index is 511. The van der Waals surface area contributed by atoms with Crippen molar-refractivity contribution >= 4 is 14.5 Å². The minimum atomic E-state index is 0. The van der Waals surface area contributed by atoms with Gasteiger partial charge in [-0.05, 0) is 11.8 Å². The van der Waals surface area contributed by atoms with Crippen molar-refractivity contribution in [2.75, 3.05) is 0 Å². The van der Waals surface area contributed by atoms with Gasteiger partial charge in [0.25, 0.3) is 0 Å². The van der Waals surface area contributed by atoms with Gasteiger partial charge in [-0.25, -0.2) is 0 Å². The molecule has 1 atom stereocenters. The van der Waals surface area contributed by atoms with Gasteiger partial charge in [0.05, 0.1) is 0 Å². The van der Waals surface area contributed by atoms with Gasteiger partial charge in [-0.15, -0.1) is 16.9 Å². The Morgan fingerprint density at radius 1 is 0.944 bits per heavy atom. The van der Waals surface area contributed by atoms with Crippen LogP contribution < -0.4 is 5.30 Å². The predicted molar refractivity (Wildman–Crippen MR) is 76.6 cm³/mol. The summed E-state index contributed by atoms with van der Waals surface area (Å²) < 4.78 is 0. The Balaban J connectivity index is 0.000000230. The normalized spacial score (nSPS) is 8.94. The quantitative estimate of drug-likeness (QED) is 0.381. The molecule has 0 amide bonds. The van der Waals surface area contributed by atoms with Crippen molar-refractivity contribution in [2.45, 2.75) is 0 Å². The van der Waals surface area contributed by atoms with Crippen LogP contribution in [0.1, 0.15) is 0 Å². The summed E-state index contributed by atoms with van der Waals surface area (Å²) in [5.41, 5.74) is 2.23. The third-order valence-corrected chi connectivity index (χ3v) is 2.85. The molecule has 0 fully saturated rings. The van der Waals surface area contributed by atoms with E-state index >= 15 is 0 Å². The van der Waals surface area contributed by atoms with Gasteiger partial charge in [-0.2, -0.15) is 21.4 Å². The van der Waals surface area contributed by atoms with Crippen LogP contribution >= 0.6 is 9.24 Å². The number of pyridine rings is 1. The first-order valence-corrected chi connectivity index (χ1v) is 6.05. The molecule has 1 heterocycles. The first-order chi connectivity index (χ1) is 8.38. The van der Waals surface area contributed by atoms with Gasteiger partial charge in [-0.3, -0.25) is 0 Å². The van der Waals surface area contributed by atoms with Crippen molar-refractivity contribution in [3.05, 3.63) is 72.9 Å². The van der Waals surface area contributed by atoms with Crippen LogP contribution in [0.4, 0.5) is 0 Å². The topological polar surface area (TPSA) is 12.9 Å². The smallest absolute Gasteiger partial charge is 0.0160 e. The number of hydrogen-bond acceptors (Lipinski definition) is 1. The second-order valence-electron chi connectivity index (χ2n) is 3.57. The first kappa shape index (κ1) is 14.9. The number of rotatable bonds is 1. The first-order valence-electron chi connectivity index (χ1n) is 5.47.